The first-order valence-electron chi connectivity index (χ1n) is 5.32. The molecule has 1 aliphatic rings. The maximum absolute atomic E-state index is 4.43. The summed E-state index contributed by atoms with van der Waals surface area (Å²) in [5.41, 5.74) is 6.51. The Morgan fingerprint density at radius 3 is 3.20 bits per heavy atom. The van der Waals surface area contributed by atoms with Crippen molar-refractivity contribution >= 4 is 22.8 Å². The van der Waals surface area contributed by atoms with E-state index in [2.05, 4.69) is 39.7 Å². The van der Waals surface area contributed by atoms with Crippen molar-refractivity contribution in [2.45, 2.75) is 12.8 Å². The molecule has 0 spiro atoms. The molecule has 3 aromatic rings. The van der Waals surface area contributed by atoms with Gasteiger partial charge in [-0.1, -0.05) is 18.2 Å². The number of hydrogen-bond acceptors (Lipinski definition) is 1. The Kier molecular flexibility index (Phi) is 1.19. The largest absolute Gasteiger partial charge is 0.293 e. The maximum Gasteiger partial charge on any atom is 0.137 e. The summed E-state index contributed by atoms with van der Waals surface area (Å²) in [6.45, 7) is 0. The first-order chi connectivity index (χ1) is 7.45. The van der Waals surface area contributed by atoms with Crippen LogP contribution in [0.3, 0.4) is 0 Å². The number of aryl methyl sites for hydroxylation is 1. The molecule has 0 aliphatic heterocycles. The highest BCUT2D eigenvalue weighted by molar-refractivity contribution is 5.86. The summed E-state index contributed by atoms with van der Waals surface area (Å²) < 4.78 is 2.26. The zero-order chi connectivity index (χ0) is 9.83. The fourth-order valence-electron chi connectivity index (χ4n) is 2.63. The van der Waals surface area contributed by atoms with Gasteiger partial charge in [0.15, 0.2) is 0 Å². The molecule has 0 N–H and O–H groups in total. The van der Waals surface area contributed by atoms with Gasteiger partial charge in [0, 0.05) is 5.56 Å². The van der Waals surface area contributed by atoms with Crippen molar-refractivity contribution in [2.75, 3.05) is 0 Å². The van der Waals surface area contributed by atoms with Gasteiger partial charge in [-0.15, -0.1) is 0 Å². The lowest BCUT2D eigenvalue weighted by molar-refractivity contribution is 1.00. The quantitative estimate of drug-likeness (QED) is 0.538. The summed E-state index contributed by atoms with van der Waals surface area (Å²) in [4.78, 5) is 4.43. The Hall–Kier alpha value is -1.83. The molecule has 4 rings (SSSR count). The molecule has 1 aliphatic carbocycles. The highest BCUT2D eigenvalue weighted by Gasteiger charge is 2.17. The molecule has 0 fully saturated rings. The molecule has 0 saturated heterocycles. The Morgan fingerprint density at radius 1 is 1.20 bits per heavy atom. The Labute approximate surface area is 87.2 Å². The lowest BCUT2D eigenvalue weighted by Crippen LogP contribution is -1.89. The SMILES string of the molecule is C1=Cc2c(c3cnc4cccc2n43)CC1. The van der Waals surface area contributed by atoms with Crippen LogP contribution in [0, 0.1) is 0 Å². The number of hydrogen-bond donors (Lipinski definition) is 0. The summed E-state index contributed by atoms with van der Waals surface area (Å²) in [7, 11) is 0. The molecule has 2 nitrogen and oxygen atoms in total. The van der Waals surface area contributed by atoms with Crippen LogP contribution in [0.1, 0.15) is 17.5 Å². The third kappa shape index (κ3) is 0.780. The lowest BCUT2D eigenvalue weighted by Gasteiger charge is -2.04. The van der Waals surface area contributed by atoms with Crippen molar-refractivity contribution in [1.82, 2.24) is 9.38 Å². The fourth-order valence-corrected chi connectivity index (χ4v) is 2.63. The fraction of sp³-hybridized carbons (Fsp3) is 0.154. The minimum absolute atomic E-state index is 1.06. The third-order valence-electron chi connectivity index (χ3n) is 3.29. The molecule has 0 bridgehead atoms. The second kappa shape index (κ2) is 2.40. The van der Waals surface area contributed by atoms with Crippen LogP contribution in [0.15, 0.2) is 30.5 Å². The average Bonchev–Trinajstić information content (AvgIpc) is 2.85. The van der Waals surface area contributed by atoms with Crippen molar-refractivity contribution < 1.29 is 0 Å². The molecule has 0 amide bonds. The number of allylic oxidation sites excluding steroid dienone is 1. The van der Waals surface area contributed by atoms with Crippen LogP contribution in [0.4, 0.5) is 0 Å². The van der Waals surface area contributed by atoms with Crippen LogP contribution < -0.4 is 0 Å². The highest BCUT2D eigenvalue weighted by Crippen LogP contribution is 2.32. The molecule has 15 heavy (non-hydrogen) atoms. The van der Waals surface area contributed by atoms with Crippen LogP contribution in [0.5, 0.6) is 0 Å². The summed E-state index contributed by atoms with van der Waals surface area (Å²) in [6, 6.07) is 6.32. The summed E-state index contributed by atoms with van der Waals surface area (Å²) in [6.07, 6.45) is 8.81. The van der Waals surface area contributed by atoms with Gasteiger partial charge in [-0.05, 0) is 30.5 Å². The summed E-state index contributed by atoms with van der Waals surface area (Å²) in [5.74, 6) is 0. The number of nitrogens with zero attached hydrogens (tertiary/aromatic N) is 2. The van der Waals surface area contributed by atoms with Gasteiger partial charge in [-0.3, -0.25) is 4.40 Å². The topological polar surface area (TPSA) is 17.3 Å². The number of fused-ring (bicyclic) bond motifs is 3. The minimum Gasteiger partial charge on any atom is -0.293 e. The molecule has 0 unspecified atom stereocenters. The van der Waals surface area contributed by atoms with E-state index in [1.807, 2.05) is 6.20 Å². The number of pyridine rings is 1. The lowest BCUT2D eigenvalue weighted by atomic mass is 10.00. The number of imidazole rings is 1. The predicted octanol–water partition coefficient (Wildman–Crippen LogP) is 2.88. The van der Waals surface area contributed by atoms with E-state index in [1.54, 1.807) is 0 Å². The maximum atomic E-state index is 4.43. The Bertz CT molecular complexity index is 676. The average molecular weight is 194 g/mol. The molecule has 0 saturated carbocycles. The van der Waals surface area contributed by atoms with Crippen molar-refractivity contribution in [3.8, 4) is 0 Å². The van der Waals surface area contributed by atoms with Gasteiger partial charge in [0.1, 0.15) is 5.65 Å². The molecular weight excluding hydrogens is 184 g/mol. The van der Waals surface area contributed by atoms with Gasteiger partial charge in [0.05, 0.1) is 17.2 Å². The smallest absolute Gasteiger partial charge is 0.137 e. The zero-order valence-electron chi connectivity index (χ0n) is 8.27. The van der Waals surface area contributed by atoms with Crippen LogP contribution in [0.2, 0.25) is 0 Å². The van der Waals surface area contributed by atoms with E-state index < -0.39 is 0 Å². The van der Waals surface area contributed by atoms with E-state index in [0.29, 0.717) is 0 Å². The van der Waals surface area contributed by atoms with Crippen LogP contribution in [-0.2, 0) is 6.42 Å². The molecule has 3 heterocycles. The standard InChI is InChI=1S/C13H10N2/c1-2-5-10-9(4-1)11-6-3-7-13-14-8-12(10)15(11)13/h1,3-4,6-8H,2,5H2. The van der Waals surface area contributed by atoms with E-state index in [4.69, 9.17) is 0 Å². The second-order valence-corrected chi connectivity index (χ2v) is 4.08. The Morgan fingerprint density at radius 2 is 2.20 bits per heavy atom. The van der Waals surface area contributed by atoms with E-state index in [1.165, 1.54) is 22.2 Å². The van der Waals surface area contributed by atoms with E-state index in [-0.39, 0.29) is 0 Å². The first-order valence-corrected chi connectivity index (χ1v) is 5.32. The van der Waals surface area contributed by atoms with Gasteiger partial charge >= 0.3 is 0 Å². The predicted molar refractivity (Wildman–Crippen MR) is 61.2 cm³/mol. The van der Waals surface area contributed by atoms with Crippen molar-refractivity contribution in [1.29, 1.82) is 0 Å². The first kappa shape index (κ1) is 7.46. The summed E-state index contributed by atoms with van der Waals surface area (Å²) in [5, 5.41) is 0. The number of rotatable bonds is 0. The van der Waals surface area contributed by atoms with Gasteiger partial charge in [-0.2, -0.15) is 0 Å². The van der Waals surface area contributed by atoms with Gasteiger partial charge in [-0.25, -0.2) is 4.98 Å². The second-order valence-electron chi connectivity index (χ2n) is 4.08. The van der Waals surface area contributed by atoms with Crippen molar-refractivity contribution in [3.05, 3.63) is 41.6 Å². The van der Waals surface area contributed by atoms with Crippen molar-refractivity contribution in [3.63, 3.8) is 0 Å². The highest BCUT2D eigenvalue weighted by atomic mass is 15.0. The molecule has 0 atom stereocenters. The molecule has 0 radical (unpaired) electrons. The van der Waals surface area contributed by atoms with E-state index in [9.17, 15) is 0 Å². The van der Waals surface area contributed by atoms with Gasteiger partial charge < -0.3 is 0 Å². The molecule has 72 valence electrons. The van der Waals surface area contributed by atoms with Gasteiger partial charge in [0.25, 0.3) is 0 Å². The minimum atomic E-state index is 1.06. The van der Waals surface area contributed by atoms with E-state index in [0.717, 1.165) is 18.5 Å². The normalized spacial score (nSPS) is 15.2. The molecule has 0 aromatic carbocycles. The van der Waals surface area contributed by atoms with Gasteiger partial charge in [0.2, 0.25) is 0 Å². The van der Waals surface area contributed by atoms with Crippen LogP contribution in [-0.4, -0.2) is 9.38 Å². The Balaban J connectivity index is 2.35. The third-order valence-corrected chi connectivity index (χ3v) is 3.29. The summed E-state index contributed by atoms with van der Waals surface area (Å²) >= 11 is 0. The van der Waals surface area contributed by atoms with Crippen molar-refractivity contribution in [2.24, 2.45) is 0 Å². The molecule has 2 heteroatoms. The molecule has 3 aromatic heterocycles. The monoisotopic (exact) mass is 194 g/mol. The molecular formula is C13H10N2. The zero-order valence-corrected chi connectivity index (χ0v) is 8.27. The van der Waals surface area contributed by atoms with Crippen LogP contribution >= 0.6 is 0 Å². The van der Waals surface area contributed by atoms with Crippen LogP contribution in [0.25, 0.3) is 22.8 Å². The van der Waals surface area contributed by atoms with E-state index >= 15 is 0 Å². The number of aromatic nitrogens is 2.